The highest BCUT2D eigenvalue weighted by molar-refractivity contribution is 9.10. The SMILES string of the molecule is Cc1occ(Br)c(=O)c1OCc1ccccc1. The first-order valence-corrected chi connectivity index (χ1v) is 5.92. The van der Waals surface area contributed by atoms with E-state index in [1.807, 2.05) is 30.3 Å². The maximum absolute atomic E-state index is 11.8. The molecule has 1 aromatic carbocycles. The molecule has 0 amide bonds. The fourth-order valence-electron chi connectivity index (χ4n) is 1.41. The average molecular weight is 295 g/mol. The Balaban J connectivity index is 2.20. The zero-order chi connectivity index (χ0) is 12.3. The molecule has 1 aromatic heterocycles. The highest BCUT2D eigenvalue weighted by atomic mass is 79.9. The van der Waals surface area contributed by atoms with Gasteiger partial charge in [0.2, 0.25) is 11.2 Å². The summed E-state index contributed by atoms with van der Waals surface area (Å²) in [6.07, 6.45) is 1.37. The van der Waals surface area contributed by atoms with Gasteiger partial charge in [0.25, 0.3) is 0 Å². The fraction of sp³-hybridized carbons (Fsp3) is 0.154. The van der Waals surface area contributed by atoms with Crippen molar-refractivity contribution in [2.24, 2.45) is 0 Å². The van der Waals surface area contributed by atoms with Crippen molar-refractivity contribution in [1.29, 1.82) is 0 Å². The van der Waals surface area contributed by atoms with Crippen molar-refractivity contribution in [3.05, 3.63) is 62.6 Å². The minimum atomic E-state index is -0.190. The van der Waals surface area contributed by atoms with Gasteiger partial charge in [0, 0.05) is 0 Å². The van der Waals surface area contributed by atoms with Gasteiger partial charge in [-0.25, -0.2) is 0 Å². The van der Waals surface area contributed by atoms with E-state index in [1.54, 1.807) is 6.92 Å². The lowest BCUT2D eigenvalue weighted by Gasteiger charge is -2.07. The molecular weight excluding hydrogens is 284 g/mol. The van der Waals surface area contributed by atoms with Crippen LogP contribution in [0.5, 0.6) is 5.75 Å². The molecule has 4 heteroatoms. The van der Waals surface area contributed by atoms with E-state index in [4.69, 9.17) is 9.15 Å². The molecule has 0 atom stereocenters. The summed E-state index contributed by atoms with van der Waals surface area (Å²) in [5, 5.41) is 0. The summed E-state index contributed by atoms with van der Waals surface area (Å²) in [4.78, 5) is 11.8. The smallest absolute Gasteiger partial charge is 0.241 e. The van der Waals surface area contributed by atoms with E-state index in [0.717, 1.165) is 5.56 Å². The molecule has 0 saturated heterocycles. The molecule has 0 aliphatic carbocycles. The van der Waals surface area contributed by atoms with Crippen LogP contribution in [0.4, 0.5) is 0 Å². The summed E-state index contributed by atoms with van der Waals surface area (Å²) >= 11 is 3.12. The van der Waals surface area contributed by atoms with Crippen LogP contribution in [0.15, 0.2) is 50.3 Å². The van der Waals surface area contributed by atoms with Crippen LogP contribution < -0.4 is 10.2 Å². The first-order valence-electron chi connectivity index (χ1n) is 5.13. The van der Waals surface area contributed by atoms with Crippen LogP contribution >= 0.6 is 15.9 Å². The second-order valence-corrected chi connectivity index (χ2v) is 4.43. The van der Waals surface area contributed by atoms with Gasteiger partial charge < -0.3 is 9.15 Å². The summed E-state index contributed by atoms with van der Waals surface area (Å²) in [6, 6.07) is 9.66. The molecule has 17 heavy (non-hydrogen) atoms. The Labute approximate surface area is 107 Å². The van der Waals surface area contributed by atoms with Gasteiger partial charge in [0.1, 0.15) is 23.1 Å². The molecular formula is C13H11BrO3. The average Bonchev–Trinajstić information content (AvgIpc) is 2.35. The molecule has 0 N–H and O–H groups in total. The molecule has 0 radical (unpaired) electrons. The summed E-state index contributed by atoms with van der Waals surface area (Å²) in [5.41, 5.74) is 0.816. The molecule has 0 bridgehead atoms. The van der Waals surface area contributed by atoms with E-state index in [9.17, 15) is 4.79 Å². The highest BCUT2D eigenvalue weighted by Crippen LogP contribution is 2.17. The lowest BCUT2D eigenvalue weighted by Crippen LogP contribution is -2.10. The third-order valence-electron chi connectivity index (χ3n) is 2.31. The van der Waals surface area contributed by atoms with Crippen LogP contribution in [0.1, 0.15) is 11.3 Å². The lowest BCUT2D eigenvalue weighted by molar-refractivity contribution is 0.285. The summed E-state index contributed by atoms with van der Waals surface area (Å²) in [5.74, 6) is 0.734. The van der Waals surface area contributed by atoms with Crippen molar-refractivity contribution in [3.8, 4) is 5.75 Å². The zero-order valence-corrected chi connectivity index (χ0v) is 10.9. The third kappa shape index (κ3) is 2.77. The van der Waals surface area contributed by atoms with Gasteiger partial charge >= 0.3 is 0 Å². The number of hydrogen-bond donors (Lipinski definition) is 0. The molecule has 0 aliphatic rings. The molecule has 1 heterocycles. The first kappa shape index (κ1) is 11.9. The largest absolute Gasteiger partial charge is 0.482 e. The molecule has 3 nitrogen and oxygen atoms in total. The Morgan fingerprint density at radius 2 is 2.00 bits per heavy atom. The number of rotatable bonds is 3. The predicted molar refractivity (Wildman–Crippen MR) is 68.2 cm³/mol. The van der Waals surface area contributed by atoms with Gasteiger partial charge in [-0.15, -0.1) is 0 Å². The summed E-state index contributed by atoms with van der Waals surface area (Å²) < 4.78 is 11.1. The van der Waals surface area contributed by atoms with Crippen molar-refractivity contribution in [3.63, 3.8) is 0 Å². The Hall–Kier alpha value is -1.55. The second-order valence-electron chi connectivity index (χ2n) is 3.57. The Kier molecular flexibility index (Phi) is 3.64. The van der Waals surface area contributed by atoms with E-state index in [-0.39, 0.29) is 11.2 Å². The lowest BCUT2D eigenvalue weighted by atomic mass is 10.2. The Morgan fingerprint density at radius 3 is 2.71 bits per heavy atom. The predicted octanol–water partition coefficient (Wildman–Crippen LogP) is 3.29. The van der Waals surface area contributed by atoms with Gasteiger partial charge in [-0.2, -0.15) is 0 Å². The van der Waals surface area contributed by atoms with Crippen molar-refractivity contribution < 1.29 is 9.15 Å². The van der Waals surface area contributed by atoms with Crippen LogP contribution in [0.25, 0.3) is 0 Å². The molecule has 0 spiro atoms. The summed E-state index contributed by atoms with van der Waals surface area (Å²) in [6.45, 7) is 2.05. The van der Waals surface area contributed by atoms with Crippen LogP contribution in [0.3, 0.4) is 0 Å². The van der Waals surface area contributed by atoms with Crippen molar-refractivity contribution in [2.45, 2.75) is 13.5 Å². The first-order chi connectivity index (χ1) is 8.18. The summed E-state index contributed by atoms with van der Waals surface area (Å²) in [7, 11) is 0. The van der Waals surface area contributed by atoms with Crippen LogP contribution in [-0.2, 0) is 6.61 Å². The standard InChI is InChI=1S/C13H11BrO3/c1-9-13(12(15)11(14)8-16-9)17-7-10-5-3-2-4-6-10/h2-6,8H,7H2,1H3. The topological polar surface area (TPSA) is 39.4 Å². The van der Waals surface area contributed by atoms with Crippen LogP contribution in [-0.4, -0.2) is 0 Å². The van der Waals surface area contributed by atoms with Crippen LogP contribution in [0, 0.1) is 6.92 Å². The number of benzene rings is 1. The highest BCUT2D eigenvalue weighted by Gasteiger charge is 2.10. The van der Waals surface area contributed by atoms with E-state index >= 15 is 0 Å². The Morgan fingerprint density at radius 1 is 1.29 bits per heavy atom. The van der Waals surface area contributed by atoms with Gasteiger partial charge in [-0.05, 0) is 28.4 Å². The molecule has 0 unspecified atom stereocenters. The number of ether oxygens (including phenoxy) is 1. The molecule has 0 aliphatic heterocycles. The molecule has 0 fully saturated rings. The van der Waals surface area contributed by atoms with Crippen molar-refractivity contribution in [1.82, 2.24) is 0 Å². The van der Waals surface area contributed by atoms with E-state index in [2.05, 4.69) is 15.9 Å². The van der Waals surface area contributed by atoms with Gasteiger partial charge in [-0.3, -0.25) is 4.79 Å². The van der Waals surface area contributed by atoms with Crippen molar-refractivity contribution in [2.75, 3.05) is 0 Å². The normalized spacial score (nSPS) is 10.2. The number of halogens is 1. The number of aryl methyl sites for hydroxylation is 1. The van der Waals surface area contributed by atoms with Gasteiger partial charge in [0.05, 0.1) is 0 Å². The quantitative estimate of drug-likeness (QED) is 0.872. The fourth-order valence-corrected chi connectivity index (χ4v) is 1.69. The minimum Gasteiger partial charge on any atom is -0.482 e. The molecule has 2 aromatic rings. The van der Waals surface area contributed by atoms with Gasteiger partial charge in [-0.1, -0.05) is 30.3 Å². The molecule has 2 rings (SSSR count). The van der Waals surface area contributed by atoms with Gasteiger partial charge in [0.15, 0.2) is 0 Å². The second kappa shape index (κ2) is 5.19. The Bertz CT molecular complexity index is 561. The molecule has 0 saturated carbocycles. The minimum absolute atomic E-state index is 0.190. The van der Waals surface area contributed by atoms with Crippen molar-refractivity contribution >= 4 is 15.9 Å². The third-order valence-corrected chi connectivity index (χ3v) is 2.86. The zero-order valence-electron chi connectivity index (χ0n) is 9.27. The van der Waals surface area contributed by atoms with E-state index < -0.39 is 0 Å². The van der Waals surface area contributed by atoms with E-state index in [0.29, 0.717) is 16.8 Å². The van der Waals surface area contributed by atoms with E-state index in [1.165, 1.54) is 6.26 Å². The maximum Gasteiger partial charge on any atom is 0.241 e. The molecule has 88 valence electrons. The monoisotopic (exact) mass is 294 g/mol. The van der Waals surface area contributed by atoms with Crippen LogP contribution in [0.2, 0.25) is 0 Å². The maximum atomic E-state index is 11.8. The number of hydrogen-bond acceptors (Lipinski definition) is 3.